The van der Waals surface area contributed by atoms with E-state index in [9.17, 15) is 4.79 Å². The van der Waals surface area contributed by atoms with Crippen molar-refractivity contribution in [3.63, 3.8) is 0 Å². The normalized spacial score (nSPS) is 29.1. The first-order valence-corrected chi connectivity index (χ1v) is 6.38. The molecule has 1 atom stereocenters. The first-order chi connectivity index (χ1) is 7.77. The highest BCUT2D eigenvalue weighted by Crippen LogP contribution is 2.25. The van der Waals surface area contributed by atoms with Crippen molar-refractivity contribution in [1.82, 2.24) is 10.2 Å². The topological polar surface area (TPSA) is 54.6 Å². The van der Waals surface area contributed by atoms with Crippen LogP contribution in [0.4, 0.5) is 0 Å². The smallest absolute Gasteiger partial charge is 0.304 e. The highest BCUT2D eigenvalue weighted by atomic mass is 16.4. The van der Waals surface area contributed by atoms with E-state index in [2.05, 4.69) is 10.2 Å². The fraction of sp³-hybridized carbons (Fsp3) is 0.917. The molecule has 2 aliphatic rings. The molecule has 0 amide bonds. The van der Waals surface area contributed by atoms with Gasteiger partial charge in [-0.25, -0.2) is 5.32 Å². The minimum Gasteiger partial charge on any atom is -0.481 e. The van der Waals surface area contributed by atoms with Gasteiger partial charge < -0.3 is 5.11 Å². The van der Waals surface area contributed by atoms with Crippen LogP contribution < -0.4 is 5.32 Å². The van der Waals surface area contributed by atoms with Crippen molar-refractivity contribution < 1.29 is 9.90 Å². The summed E-state index contributed by atoms with van der Waals surface area (Å²) < 4.78 is 0. The molecule has 1 unspecified atom stereocenters. The minimum absolute atomic E-state index is 0.273. The molecule has 0 spiro atoms. The molecule has 4 heteroatoms. The number of likely N-dealkylation sites (tertiary alicyclic amines) is 1. The predicted octanol–water partition coefficient (Wildman–Crippen LogP) is 1.08. The second-order valence-corrected chi connectivity index (χ2v) is 4.89. The fourth-order valence-electron chi connectivity index (χ4n) is 2.99. The first-order valence-electron chi connectivity index (χ1n) is 6.38. The molecule has 0 aromatic rings. The summed E-state index contributed by atoms with van der Waals surface area (Å²) in [6, 6.07) is 0.858. The number of carboxylic acids is 1. The van der Waals surface area contributed by atoms with Gasteiger partial charge in [-0.3, -0.25) is 9.69 Å². The number of hydrogen-bond donors (Lipinski definition) is 1. The Kier molecular flexibility index (Phi) is 4.18. The third-order valence-electron chi connectivity index (χ3n) is 3.79. The lowest BCUT2D eigenvalue weighted by Gasteiger charge is -2.42. The summed E-state index contributed by atoms with van der Waals surface area (Å²) >= 11 is 0. The van der Waals surface area contributed by atoms with E-state index >= 15 is 0 Å². The predicted molar refractivity (Wildman–Crippen MR) is 61.5 cm³/mol. The lowest BCUT2D eigenvalue weighted by Crippen LogP contribution is -2.49. The van der Waals surface area contributed by atoms with E-state index in [-0.39, 0.29) is 6.04 Å². The number of carboxylic acid groups (broad SMARTS) is 1. The fourth-order valence-corrected chi connectivity index (χ4v) is 2.99. The van der Waals surface area contributed by atoms with Gasteiger partial charge in [-0.05, 0) is 32.2 Å². The van der Waals surface area contributed by atoms with Gasteiger partial charge in [0.05, 0.1) is 6.42 Å². The number of aliphatic carboxylic acids is 1. The van der Waals surface area contributed by atoms with E-state index in [1.165, 1.54) is 12.8 Å². The molecule has 0 saturated carbocycles. The third-order valence-corrected chi connectivity index (χ3v) is 3.79. The van der Waals surface area contributed by atoms with Crippen LogP contribution in [0.3, 0.4) is 0 Å². The summed E-state index contributed by atoms with van der Waals surface area (Å²) in [5.41, 5.74) is 0. The molecule has 0 aromatic carbocycles. The van der Waals surface area contributed by atoms with Crippen LogP contribution in [0.5, 0.6) is 0 Å². The molecule has 91 valence electrons. The van der Waals surface area contributed by atoms with Crippen LogP contribution in [0.15, 0.2) is 0 Å². The highest BCUT2D eigenvalue weighted by molar-refractivity contribution is 5.67. The Morgan fingerprint density at radius 1 is 1.25 bits per heavy atom. The maximum Gasteiger partial charge on any atom is 0.304 e. The quantitative estimate of drug-likeness (QED) is 0.782. The van der Waals surface area contributed by atoms with Gasteiger partial charge in [0.1, 0.15) is 0 Å². The van der Waals surface area contributed by atoms with Crippen LogP contribution in [0.1, 0.15) is 38.5 Å². The summed E-state index contributed by atoms with van der Waals surface area (Å²) in [6.07, 6.45) is 6.02. The zero-order valence-corrected chi connectivity index (χ0v) is 9.77. The van der Waals surface area contributed by atoms with Gasteiger partial charge >= 0.3 is 5.97 Å². The van der Waals surface area contributed by atoms with Crippen LogP contribution in [0, 0.1) is 0 Å². The van der Waals surface area contributed by atoms with Crippen LogP contribution >= 0.6 is 0 Å². The molecule has 1 radical (unpaired) electrons. The maximum absolute atomic E-state index is 10.9. The average molecular weight is 225 g/mol. The molecule has 0 aromatic heterocycles. The number of rotatable bonds is 3. The zero-order valence-electron chi connectivity index (χ0n) is 9.77. The third kappa shape index (κ3) is 2.95. The molecule has 2 fully saturated rings. The van der Waals surface area contributed by atoms with E-state index in [4.69, 9.17) is 5.11 Å². The van der Waals surface area contributed by atoms with Crippen molar-refractivity contribution in [2.45, 2.75) is 50.6 Å². The molecule has 0 bridgehead atoms. The Labute approximate surface area is 97.0 Å². The van der Waals surface area contributed by atoms with Crippen LogP contribution in [0.25, 0.3) is 0 Å². The van der Waals surface area contributed by atoms with Crippen LogP contribution in [-0.4, -0.2) is 47.7 Å². The highest BCUT2D eigenvalue weighted by Gasteiger charge is 2.30. The number of carbonyl (C=O) groups is 1. The van der Waals surface area contributed by atoms with Gasteiger partial charge in [0.25, 0.3) is 0 Å². The molecule has 2 rings (SSSR count). The Morgan fingerprint density at radius 3 is 2.69 bits per heavy atom. The maximum atomic E-state index is 10.9. The molecule has 2 aliphatic heterocycles. The van der Waals surface area contributed by atoms with Gasteiger partial charge in [0, 0.05) is 25.2 Å². The molecule has 2 heterocycles. The van der Waals surface area contributed by atoms with E-state index < -0.39 is 5.97 Å². The van der Waals surface area contributed by atoms with E-state index in [0.717, 1.165) is 38.9 Å². The molecule has 0 aliphatic carbocycles. The van der Waals surface area contributed by atoms with E-state index in [0.29, 0.717) is 12.5 Å². The number of piperidine rings is 2. The lowest BCUT2D eigenvalue weighted by atomic mass is 9.94. The zero-order chi connectivity index (χ0) is 11.4. The van der Waals surface area contributed by atoms with Gasteiger partial charge in [0.2, 0.25) is 0 Å². The summed E-state index contributed by atoms with van der Waals surface area (Å²) in [5, 5.41) is 13.3. The summed E-state index contributed by atoms with van der Waals surface area (Å²) in [5.74, 6) is -0.655. The second-order valence-electron chi connectivity index (χ2n) is 4.89. The van der Waals surface area contributed by atoms with E-state index in [1.54, 1.807) is 0 Å². The van der Waals surface area contributed by atoms with Gasteiger partial charge in [0.15, 0.2) is 0 Å². The van der Waals surface area contributed by atoms with E-state index in [1.807, 2.05) is 0 Å². The first kappa shape index (κ1) is 11.9. The van der Waals surface area contributed by atoms with Gasteiger partial charge in [-0.2, -0.15) is 0 Å². The van der Waals surface area contributed by atoms with Gasteiger partial charge in [-0.1, -0.05) is 6.42 Å². The van der Waals surface area contributed by atoms with Crippen LogP contribution in [0.2, 0.25) is 0 Å². The van der Waals surface area contributed by atoms with Crippen molar-refractivity contribution in [1.29, 1.82) is 0 Å². The molecule has 1 N–H and O–H groups in total. The van der Waals surface area contributed by atoms with Crippen molar-refractivity contribution in [3.8, 4) is 0 Å². The van der Waals surface area contributed by atoms with Crippen LogP contribution in [-0.2, 0) is 4.79 Å². The summed E-state index contributed by atoms with van der Waals surface area (Å²) in [6.45, 7) is 3.00. The Balaban J connectivity index is 1.94. The SMILES string of the molecule is O=C(O)CC1CCCCN1C1CC[N]CC1. The Bertz CT molecular complexity index is 239. The Hall–Kier alpha value is -0.610. The average Bonchev–Trinajstić information content (AvgIpc) is 2.30. The Morgan fingerprint density at radius 2 is 2.00 bits per heavy atom. The molecule has 2 saturated heterocycles. The largest absolute Gasteiger partial charge is 0.481 e. The number of hydrogen-bond acceptors (Lipinski definition) is 2. The molecule has 4 nitrogen and oxygen atoms in total. The molecular formula is C12H21N2O2. The standard InChI is InChI=1S/C12H21N2O2/c15-12(16)9-11-3-1-2-8-14(11)10-4-6-13-7-5-10/h10-11H,1-9H2,(H,15,16). The van der Waals surface area contributed by atoms with Crippen molar-refractivity contribution in [2.75, 3.05) is 19.6 Å². The minimum atomic E-state index is -0.655. The van der Waals surface area contributed by atoms with Crippen molar-refractivity contribution in [2.24, 2.45) is 0 Å². The summed E-state index contributed by atoms with van der Waals surface area (Å²) in [7, 11) is 0. The molecular weight excluding hydrogens is 204 g/mol. The monoisotopic (exact) mass is 225 g/mol. The van der Waals surface area contributed by atoms with Gasteiger partial charge in [-0.15, -0.1) is 0 Å². The van der Waals surface area contributed by atoms with Crippen molar-refractivity contribution >= 4 is 5.97 Å². The summed E-state index contributed by atoms with van der Waals surface area (Å²) in [4.78, 5) is 13.3. The lowest BCUT2D eigenvalue weighted by molar-refractivity contribution is -0.139. The van der Waals surface area contributed by atoms with Crippen molar-refractivity contribution in [3.05, 3.63) is 0 Å². The second kappa shape index (κ2) is 5.64. The molecule has 16 heavy (non-hydrogen) atoms. The number of nitrogens with zero attached hydrogens (tertiary/aromatic N) is 2.